The summed E-state index contributed by atoms with van der Waals surface area (Å²) in [6.45, 7) is 1.96. The summed E-state index contributed by atoms with van der Waals surface area (Å²) in [6, 6.07) is 0. The van der Waals surface area contributed by atoms with Crippen molar-refractivity contribution in [2.24, 2.45) is 5.92 Å². The zero-order valence-corrected chi connectivity index (χ0v) is 8.04. The molecule has 0 radical (unpaired) electrons. The topological polar surface area (TPSA) is 17.1 Å². The lowest BCUT2D eigenvalue weighted by molar-refractivity contribution is -0.119. The summed E-state index contributed by atoms with van der Waals surface area (Å²) in [7, 11) is 0. The highest BCUT2D eigenvalue weighted by Gasteiger charge is 2.24. The van der Waals surface area contributed by atoms with E-state index in [1.54, 1.807) is 17.3 Å². The molecule has 0 amide bonds. The molecule has 0 aromatic rings. The van der Waals surface area contributed by atoms with Crippen molar-refractivity contribution in [3.63, 3.8) is 0 Å². The molecular formula is C8H11ClOS. The van der Waals surface area contributed by atoms with Crippen molar-refractivity contribution in [1.82, 2.24) is 0 Å². The average molecular weight is 191 g/mol. The molecule has 3 heteroatoms. The van der Waals surface area contributed by atoms with Crippen molar-refractivity contribution in [1.29, 1.82) is 0 Å². The highest BCUT2D eigenvalue weighted by atomic mass is 35.5. The fraction of sp³-hybridized carbons (Fsp3) is 0.625. The molecule has 0 aromatic heterocycles. The number of ketones is 1. The van der Waals surface area contributed by atoms with Crippen molar-refractivity contribution < 1.29 is 4.79 Å². The Labute approximate surface area is 76.2 Å². The van der Waals surface area contributed by atoms with Crippen molar-refractivity contribution in [2.45, 2.75) is 13.3 Å². The number of thioether (sulfide) groups is 1. The molecule has 1 fully saturated rings. The highest BCUT2D eigenvalue weighted by Crippen LogP contribution is 2.25. The molecule has 1 unspecified atom stereocenters. The maximum Gasteiger partial charge on any atom is 0.146 e. The molecule has 1 saturated heterocycles. The maximum absolute atomic E-state index is 11.1. The Hall–Kier alpha value is 0.0500. The van der Waals surface area contributed by atoms with E-state index in [4.69, 9.17) is 11.6 Å². The minimum atomic E-state index is 0.231. The number of rotatable bonds is 2. The van der Waals surface area contributed by atoms with E-state index in [0.29, 0.717) is 11.5 Å². The van der Waals surface area contributed by atoms with Crippen LogP contribution in [0.15, 0.2) is 11.1 Å². The Balaban J connectivity index is 2.43. The minimum absolute atomic E-state index is 0.231. The Bertz CT molecular complexity index is 189. The van der Waals surface area contributed by atoms with Crippen LogP contribution in [0, 0.1) is 5.92 Å². The first-order valence-electron chi connectivity index (χ1n) is 3.60. The van der Waals surface area contributed by atoms with Gasteiger partial charge in [0.25, 0.3) is 0 Å². The van der Waals surface area contributed by atoms with Crippen LogP contribution in [-0.2, 0) is 4.79 Å². The van der Waals surface area contributed by atoms with Crippen LogP contribution in [0.4, 0.5) is 0 Å². The Morgan fingerprint density at radius 2 is 2.64 bits per heavy atom. The van der Waals surface area contributed by atoms with Gasteiger partial charge in [-0.3, -0.25) is 4.79 Å². The number of hydrogen-bond donors (Lipinski definition) is 0. The number of halogens is 1. The van der Waals surface area contributed by atoms with Crippen molar-refractivity contribution in [2.75, 3.05) is 11.5 Å². The summed E-state index contributed by atoms with van der Waals surface area (Å²) >= 11 is 7.22. The first kappa shape index (κ1) is 9.14. The van der Waals surface area contributed by atoms with Crippen LogP contribution in [0.5, 0.6) is 0 Å². The highest BCUT2D eigenvalue weighted by molar-refractivity contribution is 8.00. The average Bonchev–Trinajstić information content (AvgIpc) is 2.37. The van der Waals surface area contributed by atoms with Gasteiger partial charge in [0.05, 0.1) is 5.75 Å². The van der Waals surface area contributed by atoms with Gasteiger partial charge in [-0.15, -0.1) is 0 Å². The van der Waals surface area contributed by atoms with Gasteiger partial charge in [0, 0.05) is 17.2 Å². The van der Waals surface area contributed by atoms with Gasteiger partial charge in [0.1, 0.15) is 5.78 Å². The molecule has 1 heterocycles. The molecule has 1 aliphatic heterocycles. The lowest BCUT2D eigenvalue weighted by Crippen LogP contribution is -2.10. The molecule has 0 saturated carbocycles. The van der Waals surface area contributed by atoms with Crippen molar-refractivity contribution in [3.05, 3.63) is 11.1 Å². The molecule has 1 atom stereocenters. The molecule has 0 aliphatic carbocycles. The van der Waals surface area contributed by atoms with E-state index in [-0.39, 0.29) is 5.92 Å². The van der Waals surface area contributed by atoms with Gasteiger partial charge < -0.3 is 0 Å². The predicted octanol–water partition coefficient (Wildman–Crippen LogP) is 2.45. The van der Waals surface area contributed by atoms with Crippen LogP contribution in [0.3, 0.4) is 0 Å². The van der Waals surface area contributed by atoms with Crippen molar-refractivity contribution >= 4 is 29.1 Å². The summed E-state index contributed by atoms with van der Waals surface area (Å²) in [6.07, 6.45) is 0.843. The first-order chi connectivity index (χ1) is 5.24. The van der Waals surface area contributed by atoms with Crippen LogP contribution in [0.25, 0.3) is 0 Å². The fourth-order valence-electron chi connectivity index (χ4n) is 1.12. The molecule has 1 aliphatic rings. The second-order valence-corrected chi connectivity index (χ2v) is 4.09. The van der Waals surface area contributed by atoms with Crippen LogP contribution >= 0.6 is 23.4 Å². The number of allylic oxidation sites excluding steroid dienone is 1. The second kappa shape index (κ2) is 4.17. The first-order valence-corrected chi connectivity index (χ1v) is 5.19. The van der Waals surface area contributed by atoms with E-state index >= 15 is 0 Å². The van der Waals surface area contributed by atoms with E-state index < -0.39 is 0 Å². The van der Waals surface area contributed by atoms with E-state index in [1.807, 2.05) is 6.92 Å². The zero-order chi connectivity index (χ0) is 8.27. The summed E-state index contributed by atoms with van der Waals surface area (Å²) in [5.74, 6) is 2.28. The number of Topliss-reactive ketones (excluding diaryl/α,β-unsaturated/α-hetero) is 1. The third-order valence-corrected chi connectivity index (χ3v) is 3.27. The minimum Gasteiger partial charge on any atom is -0.298 e. The Morgan fingerprint density at radius 1 is 1.91 bits per heavy atom. The van der Waals surface area contributed by atoms with Crippen molar-refractivity contribution in [3.8, 4) is 0 Å². The number of hydrogen-bond acceptors (Lipinski definition) is 2. The smallest absolute Gasteiger partial charge is 0.146 e. The summed E-state index contributed by atoms with van der Waals surface area (Å²) in [5.41, 5.74) is 2.67. The van der Waals surface area contributed by atoms with E-state index in [1.165, 1.54) is 0 Å². The van der Waals surface area contributed by atoms with Crippen LogP contribution < -0.4 is 0 Å². The lowest BCUT2D eigenvalue weighted by Gasteiger charge is -2.04. The third-order valence-electron chi connectivity index (χ3n) is 1.77. The maximum atomic E-state index is 11.1. The third kappa shape index (κ3) is 2.53. The SMILES string of the molecule is C/C(=C\Cl)CC1CSCC1=O. The zero-order valence-electron chi connectivity index (χ0n) is 6.47. The van der Waals surface area contributed by atoms with Crippen LogP contribution in [-0.4, -0.2) is 17.3 Å². The van der Waals surface area contributed by atoms with Gasteiger partial charge in [-0.2, -0.15) is 11.8 Å². The molecule has 11 heavy (non-hydrogen) atoms. The quantitative estimate of drug-likeness (QED) is 0.666. The van der Waals surface area contributed by atoms with Gasteiger partial charge >= 0.3 is 0 Å². The monoisotopic (exact) mass is 190 g/mol. The molecule has 1 rings (SSSR count). The predicted molar refractivity (Wildman–Crippen MR) is 50.0 cm³/mol. The van der Waals surface area contributed by atoms with Gasteiger partial charge in [-0.05, 0) is 13.3 Å². The molecule has 62 valence electrons. The molecule has 0 bridgehead atoms. The Morgan fingerprint density at radius 3 is 3.09 bits per heavy atom. The molecule has 0 N–H and O–H groups in total. The van der Waals surface area contributed by atoms with E-state index in [0.717, 1.165) is 17.7 Å². The van der Waals surface area contributed by atoms with Gasteiger partial charge in [-0.25, -0.2) is 0 Å². The van der Waals surface area contributed by atoms with Gasteiger partial charge in [-0.1, -0.05) is 17.2 Å². The van der Waals surface area contributed by atoms with E-state index in [2.05, 4.69) is 0 Å². The largest absolute Gasteiger partial charge is 0.298 e. The molecule has 0 spiro atoms. The van der Waals surface area contributed by atoms with Crippen LogP contribution in [0.2, 0.25) is 0 Å². The van der Waals surface area contributed by atoms with Gasteiger partial charge in [0.2, 0.25) is 0 Å². The number of carbonyl (C=O) groups excluding carboxylic acids is 1. The van der Waals surface area contributed by atoms with E-state index in [9.17, 15) is 4.79 Å². The summed E-state index contributed by atoms with van der Waals surface area (Å²) in [5, 5.41) is 0. The lowest BCUT2D eigenvalue weighted by atomic mass is 10.00. The normalized spacial score (nSPS) is 26.2. The number of carbonyl (C=O) groups is 1. The Kier molecular flexibility index (Phi) is 3.46. The summed E-state index contributed by atoms with van der Waals surface area (Å²) < 4.78 is 0. The standard InChI is InChI=1S/C8H11ClOS/c1-6(3-9)2-7-4-11-5-8(7)10/h3,7H,2,4-5H2,1H3/b6-3+. The molecular weight excluding hydrogens is 180 g/mol. The molecule has 1 nitrogen and oxygen atoms in total. The fourth-order valence-corrected chi connectivity index (χ4v) is 2.35. The molecule has 0 aromatic carbocycles. The van der Waals surface area contributed by atoms with Crippen LogP contribution in [0.1, 0.15) is 13.3 Å². The summed E-state index contributed by atoms with van der Waals surface area (Å²) in [4.78, 5) is 11.1. The second-order valence-electron chi connectivity index (χ2n) is 2.84. The van der Waals surface area contributed by atoms with Gasteiger partial charge in [0.15, 0.2) is 0 Å².